The van der Waals surface area contributed by atoms with Gasteiger partial charge < -0.3 is 0 Å². The second-order valence-electron chi connectivity index (χ2n) is 5.55. The predicted molar refractivity (Wildman–Crippen MR) is 88.6 cm³/mol. The molecule has 0 unspecified atom stereocenters. The van der Waals surface area contributed by atoms with Crippen LogP contribution >= 0.6 is 11.6 Å². The number of nitrogens with zero attached hydrogens (tertiary/aromatic N) is 1. The SMILES string of the molecule is CC(C)c1cc2cccc(Cl)c2c(=O)n1-c1cccc(F)c1. The van der Waals surface area contributed by atoms with E-state index in [-0.39, 0.29) is 17.3 Å². The lowest BCUT2D eigenvalue weighted by Crippen LogP contribution is -2.23. The molecule has 3 aromatic rings. The molecule has 0 aliphatic heterocycles. The quantitative estimate of drug-likeness (QED) is 0.659. The minimum atomic E-state index is -0.377. The monoisotopic (exact) mass is 315 g/mol. The number of pyridine rings is 1. The molecule has 2 nitrogen and oxygen atoms in total. The maximum Gasteiger partial charge on any atom is 0.264 e. The summed E-state index contributed by atoms with van der Waals surface area (Å²) in [5.41, 5.74) is 1.11. The van der Waals surface area contributed by atoms with E-state index in [9.17, 15) is 9.18 Å². The van der Waals surface area contributed by atoms with Gasteiger partial charge in [-0.3, -0.25) is 9.36 Å². The first kappa shape index (κ1) is 14.8. The second kappa shape index (κ2) is 5.58. The number of hydrogen-bond donors (Lipinski definition) is 0. The molecule has 0 N–H and O–H groups in total. The van der Waals surface area contributed by atoms with Gasteiger partial charge in [-0.2, -0.15) is 0 Å². The van der Waals surface area contributed by atoms with Crippen LogP contribution in [0.5, 0.6) is 0 Å². The van der Waals surface area contributed by atoms with Crippen molar-refractivity contribution in [1.82, 2.24) is 4.57 Å². The minimum Gasteiger partial charge on any atom is -0.280 e. The van der Waals surface area contributed by atoms with Crippen LogP contribution in [0.15, 0.2) is 53.3 Å². The maximum atomic E-state index is 13.6. The van der Waals surface area contributed by atoms with Crippen LogP contribution in [-0.4, -0.2) is 4.57 Å². The molecule has 0 amide bonds. The molecule has 22 heavy (non-hydrogen) atoms. The Bertz CT molecular complexity index is 915. The van der Waals surface area contributed by atoms with Gasteiger partial charge in [0, 0.05) is 5.69 Å². The molecule has 2 aromatic carbocycles. The van der Waals surface area contributed by atoms with Gasteiger partial charge in [0.2, 0.25) is 0 Å². The Morgan fingerprint density at radius 3 is 2.50 bits per heavy atom. The number of benzene rings is 2. The molecule has 0 fully saturated rings. The van der Waals surface area contributed by atoms with Crippen molar-refractivity contribution in [2.24, 2.45) is 0 Å². The molecule has 0 saturated carbocycles. The van der Waals surface area contributed by atoms with Crippen LogP contribution in [0.4, 0.5) is 4.39 Å². The Balaban J connectivity index is 2.46. The molecule has 0 aliphatic carbocycles. The highest BCUT2D eigenvalue weighted by molar-refractivity contribution is 6.35. The van der Waals surface area contributed by atoms with Crippen molar-refractivity contribution in [3.8, 4) is 5.69 Å². The molecule has 1 heterocycles. The molecule has 112 valence electrons. The van der Waals surface area contributed by atoms with Crippen LogP contribution in [0, 0.1) is 5.82 Å². The van der Waals surface area contributed by atoms with Crippen molar-refractivity contribution in [1.29, 1.82) is 0 Å². The van der Waals surface area contributed by atoms with E-state index in [1.807, 2.05) is 32.0 Å². The number of aromatic nitrogens is 1. The summed E-state index contributed by atoms with van der Waals surface area (Å²) < 4.78 is 15.1. The average molecular weight is 316 g/mol. The van der Waals surface area contributed by atoms with E-state index >= 15 is 0 Å². The molecule has 1 aromatic heterocycles. The van der Waals surface area contributed by atoms with Gasteiger partial charge in [-0.1, -0.05) is 43.6 Å². The molecule has 0 spiro atoms. The van der Waals surface area contributed by atoms with E-state index in [4.69, 9.17) is 11.6 Å². The fourth-order valence-corrected chi connectivity index (χ4v) is 2.91. The predicted octanol–water partition coefficient (Wildman–Crippen LogP) is 4.91. The lowest BCUT2D eigenvalue weighted by atomic mass is 10.0. The Morgan fingerprint density at radius 1 is 1.09 bits per heavy atom. The third-order valence-corrected chi connectivity index (χ3v) is 4.00. The van der Waals surface area contributed by atoms with Crippen LogP contribution in [0.3, 0.4) is 0 Å². The summed E-state index contributed by atoms with van der Waals surface area (Å²) in [6, 6.07) is 13.4. The first-order valence-corrected chi connectivity index (χ1v) is 7.47. The van der Waals surface area contributed by atoms with E-state index in [0.717, 1.165) is 11.1 Å². The lowest BCUT2D eigenvalue weighted by molar-refractivity contribution is 0.625. The third-order valence-electron chi connectivity index (χ3n) is 3.68. The number of halogens is 2. The lowest BCUT2D eigenvalue weighted by Gasteiger charge is -2.17. The topological polar surface area (TPSA) is 22.0 Å². The molecule has 0 saturated heterocycles. The summed E-state index contributed by atoms with van der Waals surface area (Å²) in [5, 5.41) is 1.66. The highest BCUT2D eigenvalue weighted by atomic mass is 35.5. The first-order valence-electron chi connectivity index (χ1n) is 7.09. The molecule has 0 aliphatic rings. The third kappa shape index (κ3) is 2.42. The van der Waals surface area contributed by atoms with Crippen molar-refractivity contribution >= 4 is 22.4 Å². The van der Waals surface area contributed by atoms with Crippen LogP contribution < -0.4 is 5.56 Å². The summed E-state index contributed by atoms with van der Waals surface area (Å²) in [7, 11) is 0. The van der Waals surface area contributed by atoms with Crippen molar-refractivity contribution in [2.45, 2.75) is 19.8 Å². The largest absolute Gasteiger partial charge is 0.280 e. The zero-order valence-corrected chi connectivity index (χ0v) is 13.1. The number of hydrogen-bond acceptors (Lipinski definition) is 1. The van der Waals surface area contributed by atoms with E-state index in [1.54, 1.807) is 22.8 Å². The molecular weight excluding hydrogens is 301 g/mol. The second-order valence-corrected chi connectivity index (χ2v) is 5.96. The van der Waals surface area contributed by atoms with Crippen LogP contribution in [0.25, 0.3) is 16.5 Å². The summed E-state index contributed by atoms with van der Waals surface area (Å²) in [6.07, 6.45) is 0. The number of rotatable bonds is 2. The van der Waals surface area contributed by atoms with Gasteiger partial charge in [0.1, 0.15) is 5.82 Å². The normalized spacial score (nSPS) is 11.3. The van der Waals surface area contributed by atoms with Crippen molar-refractivity contribution in [3.05, 3.63) is 75.4 Å². The fourth-order valence-electron chi connectivity index (χ4n) is 2.65. The molecular formula is C18H15ClFNO. The highest BCUT2D eigenvalue weighted by Crippen LogP contribution is 2.26. The molecule has 0 atom stereocenters. The molecule has 0 radical (unpaired) electrons. The summed E-state index contributed by atoms with van der Waals surface area (Å²) in [6.45, 7) is 4.00. The standard InChI is InChI=1S/C18H15ClFNO/c1-11(2)16-9-12-5-3-8-15(19)17(12)18(22)21(16)14-7-4-6-13(20)10-14/h3-11H,1-2H3. The van der Waals surface area contributed by atoms with E-state index in [1.165, 1.54) is 12.1 Å². The van der Waals surface area contributed by atoms with Crippen LogP contribution in [0.2, 0.25) is 5.02 Å². The van der Waals surface area contributed by atoms with Gasteiger partial charge in [-0.25, -0.2) is 4.39 Å². The van der Waals surface area contributed by atoms with Crippen LogP contribution in [-0.2, 0) is 0 Å². The van der Waals surface area contributed by atoms with Crippen LogP contribution in [0.1, 0.15) is 25.5 Å². The molecule has 4 heteroatoms. The number of fused-ring (bicyclic) bond motifs is 1. The van der Waals surface area contributed by atoms with E-state index < -0.39 is 0 Å². The summed E-state index contributed by atoms with van der Waals surface area (Å²) >= 11 is 6.20. The minimum absolute atomic E-state index is 0.111. The van der Waals surface area contributed by atoms with E-state index in [0.29, 0.717) is 16.1 Å². The van der Waals surface area contributed by atoms with Crippen molar-refractivity contribution in [3.63, 3.8) is 0 Å². The maximum absolute atomic E-state index is 13.6. The Kier molecular flexibility index (Phi) is 3.75. The van der Waals surface area contributed by atoms with Gasteiger partial charge in [-0.05, 0) is 41.6 Å². The zero-order valence-electron chi connectivity index (χ0n) is 12.3. The van der Waals surface area contributed by atoms with Gasteiger partial charge in [0.05, 0.1) is 16.1 Å². The Morgan fingerprint density at radius 2 is 1.82 bits per heavy atom. The first-order chi connectivity index (χ1) is 10.5. The highest BCUT2D eigenvalue weighted by Gasteiger charge is 2.15. The molecule has 3 rings (SSSR count). The van der Waals surface area contributed by atoms with Gasteiger partial charge in [0.25, 0.3) is 5.56 Å². The summed E-state index contributed by atoms with van der Waals surface area (Å²) in [4.78, 5) is 12.9. The average Bonchev–Trinajstić information content (AvgIpc) is 2.46. The van der Waals surface area contributed by atoms with Gasteiger partial charge in [-0.15, -0.1) is 0 Å². The van der Waals surface area contributed by atoms with Crippen molar-refractivity contribution in [2.75, 3.05) is 0 Å². The van der Waals surface area contributed by atoms with Gasteiger partial charge in [0.15, 0.2) is 0 Å². The molecule has 0 bridgehead atoms. The van der Waals surface area contributed by atoms with Gasteiger partial charge >= 0.3 is 0 Å². The van der Waals surface area contributed by atoms with E-state index in [2.05, 4.69) is 0 Å². The fraction of sp³-hybridized carbons (Fsp3) is 0.167. The summed E-state index contributed by atoms with van der Waals surface area (Å²) in [5.74, 6) is -0.266. The zero-order chi connectivity index (χ0) is 15.9. The van der Waals surface area contributed by atoms with Crippen molar-refractivity contribution < 1.29 is 4.39 Å². The smallest absolute Gasteiger partial charge is 0.264 e. The Labute approximate surface area is 132 Å². The Hall–Kier alpha value is -2.13.